The molecule has 0 saturated carbocycles. The number of rotatable bonds is 81. The number of esters is 4. The molecule has 0 aromatic carbocycles. The largest absolute Gasteiger partial charge is 0.472 e. The molecule has 99 heavy (non-hydrogen) atoms. The SMILES string of the molecule is CCCCCCCCCCCCCCCCCCCCC(=O)O[C@H](COC(=O)CCCCCCCCCCCCCCCC)COP(=O)(O)OC[C@@H](O)COP(=O)(O)OC[C@@H](COC(=O)CCCCCCCCCCCCCCC)OC(=O)CCCCCCCCCCCCCCCC. The second-order valence-electron chi connectivity index (χ2n) is 28.8. The maximum absolute atomic E-state index is 13.1. The van der Waals surface area contributed by atoms with Gasteiger partial charge in [-0.3, -0.25) is 37.3 Å². The molecule has 0 saturated heterocycles. The van der Waals surface area contributed by atoms with E-state index in [9.17, 15) is 43.2 Å². The van der Waals surface area contributed by atoms with Gasteiger partial charge in [0.15, 0.2) is 12.2 Å². The van der Waals surface area contributed by atoms with Crippen molar-refractivity contribution >= 4 is 39.5 Å². The van der Waals surface area contributed by atoms with Crippen molar-refractivity contribution in [1.82, 2.24) is 0 Å². The molecule has 5 atom stereocenters. The fourth-order valence-electron chi connectivity index (χ4n) is 12.5. The highest BCUT2D eigenvalue weighted by molar-refractivity contribution is 7.47. The lowest BCUT2D eigenvalue weighted by Crippen LogP contribution is -2.30. The zero-order valence-corrected chi connectivity index (χ0v) is 66.3. The Kier molecular flexibility index (Phi) is 72.9. The van der Waals surface area contributed by atoms with E-state index in [-0.39, 0.29) is 25.7 Å². The van der Waals surface area contributed by atoms with Crippen molar-refractivity contribution < 1.29 is 80.2 Å². The molecule has 0 aromatic rings. The van der Waals surface area contributed by atoms with Gasteiger partial charge < -0.3 is 33.8 Å². The minimum Gasteiger partial charge on any atom is -0.462 e. The summed E-state index contributed by atoms with van der Waals surface area (Å²) in [6.45, 7) is 5.03. The highest BCUT2D eigenvalue weighted by atomic mass is 31.2. The Balaban J connectivity index is 5.25. The number of unbranched alkanes of at least 4 members (excludes halogenated alkanes) is 55. The fourth-order valence-corrected chi connectivity index (χ4v) is 14.0. The normalized spacial score (nSPS) is 13.8. The van der Waals surface area contributed by atoms with Gasteiger partial charge in [0.25, 0.3) is 0 Å². The lowest BCUT2D eigenvalue weighted by molar-refractivity contribution is -0.161. The van der Waals surface area contributed by atoms with Gasteiger partial charge in [-0.25, -0.2) is 9.13 Å². The molecule has 0 rings (SSSR count). The van der Waals surface area contributed by atoms with Crippen LogP contribution in [0.5, 0.6) is 0 Å². The quantitative estimate of drug-likeness (QED) is 0.0222. The number of phosphoric acid groups is 2. The number of aliphatic hydroxyl groups is 1. The topological polar surface area (TPSA) is 237 Å². The molecule has 0 fully saturated rings. The van der Waals surface area contributed by atoms with E-state index in [0.29, 0.717) is 25.7 Å². The minimum absolute atomic E-state index is 0.109. The third-order valence-corrected chi connectivity index (χ3v) is 20.8. The van der Waals surface area contributed by atoms with E-state index < -0.39 is 97.5 Å². The maximum Gasteiger partial charge on any atom is 0.472 e. The predicted octanol–water partition coefficient (Wildman–Crippen LogP) is 24.2. The third-order valence-electron chi connectivity index (χ3n) is 18.9. The van der Waals surface area contributed by atoms with Gasteiger partial charge in [0.05, 0.1) is 26.4 Å². The zero-order valence-electron chi connectivity index (χ0n) is 64.5. The van der Waals surface area contributed by atoms with Crippen molar-refractivity contribution in [3.05, 3.63) is 0 Å². The molecule has 0 aliphatic carbocycles. The van der Waals surface area contributed by atoms with E-state index in [4.69, 9.17) is 37.0 Å². The number of ether oxygens (including phenoxy) is 4. The molecule has 0 heterocycles. The minimum atomic E-state index is -4.96. The second kappa shape index (κ2) is 74.3. The van der Waals surface area contributed by atoms with E-state index >= 15 is 0 Å². The average molecular weight is 1450 g/mol. The number of carbonyl (C=O) groups is 4. The molecule has 0 aromatic heterocycles. The molecule has 0 spiro atoms. The van der Waals surface area contributed by atoms with Crippen LogP contribution >= 0.6 is 15.6 Å². The molecule has 0 bridgehead atoms. The van der Waals surface area contributed by atoms with Gasteiger partial charge in [-0.15, -0.1) is 0 Å². The highest BCUT2D eigenvalue weighted by Crippen LogP contribution is 2.45. The molecular weight excluding hydrogens is 1290 g/mol. The number of hydrogen-bond acceptors (Lipinski definition) is 15. The van der Waals surface area contributed by atoms with Crippen LogP contribution in [0.25, 0.3) is 0 Å². The summed E-state index contributed by atoms with van der Waals surface area (Å²) >= 11 is 0. The molecule has 0 aliphatic heterocycles. The van der Waals surface area contributed by atoms with Crippen molar-refractivity contribution in [2.24, 2.45) is 0 Å². The van der Waals surface area contributed by atoms with Crippen LogP contribution in [0.2, 0.25) is 0 Å². The Labute approximate surface area is 607 Å². The van der Waals surface area contributed by atoms with Crippen LogP contribution in [-0.4, -0.2) is 96.7 Å². The Morgan fingerprint density at radius 2 is 0.404 bits per heavy atom. The van der Waals surface area contributed by atoms with E-state index in [0.717, 1.165) is 89.9 Å². The molecule has 0 radical (unpaired) electrons. The standard InChI is InChI=1S/C80H156O17P2/c1-5-9-13-17-21-25-29-33-36-37-38-39-43-47-51-55-59-63-67-80(85)97-76(71-91-78(83)65-61-57-53-49-45-41-34-30-26-22-18-14-10-6-2)73-95-99(88,89)93-69-74(81)68-92-98(86,87)94-72-75(70-90-77(82)64-60-56-52-48-44-40-32-28-24-20-16-12-8-4)96-79(84)66-62-58-54-50-46-42-35-31-27-23-19-15-11-7-3/h74-76,81H,5-73H2,1-4H3,(H,86,87)(H,88,89)/t74-,75+,76+/m0/s1. The Hall–Kier alpha value is -1.94. The van der Waals surface area contributed by atoms with Gasteiger partial charge in [0.1, 0.15) is 19.3 Å². The van der Waals surface area contributed by atoms with Crippen molar-refractivity contribution in [1.29, 1.82) is 0 Å². The first-order valence-corrected chi connectivity index (χ1v) is 44.8. The van der Waals surface area contributed by atoms with E-state index in [1.54, 1.807) is 0 Å². The Bertz CT molecular complexity index is 1880. The van der Waals surface area contributed by atoms with Crippen molar-refractivity contribution in [2.45, 2.75) is 451 Å². The zero-order chi connectivity index (χ0) is 72.5. The second-order valence-corrected chi connectivity index (χ2v) is 31.7. The van der Waals surface area contributed by atoms with Gasteiger partial charge in [-0.2, -0.15) is 0 Å². The van der Waals surface area contributed by atoms with Crippen LogP contribution in [0.15, 0.2) is 0 Å². The number of aliphatic hydroxyl groups excluding tert-OH is 1. The number of carbonyl (C=O) groups excluding carboxylic acids is 4. The van der Waals surface area contributed by atoms with Crippen molar-refractivity contribution in [2.75, 3.05) is 39.6 Å². The van der Waals surface area contributed by atoms with Crippen LogP contribution in [0.3, 0.4) is 0 Å². The molecule has 3 N–H and O–H groups in total. The summed E-state index contributed by atoms with van der Waals surface area (Å²) in [6, 6.07) is 0. The summed E-state index contributed by atoms with van der Waals surface area (Å²) in [4.78, 5) is 73.0. The van der Waals surface area contributed by atoms with Crippen LogP contribution in [0.1, 0.15) is 432 Å². The van der Waals surface area contributed by atoms with Gasteiger partial charge in [0, 0.05) is 25.7 Å². The van der Waals surface area contributed by atoms with Crippen molar-refractivity contribution in [3.63, 3.8) is 0 Å². The molecule has 0 aliphatic rings. The van der Waals surface area contributed by atoms with Crippen LogP contribution in [0.4, 0.5) is 0 Å². The summed E-state index contributed by atoms with van der Waals surface area (Å²) in [5.74, 6) is -2.10. The summed E-state index contributed by atoms with van der Waals surface area (Å²) in [7, 11) is -9.92. The first-order chi connectivity index (χ1) is 48.2. The smallest absolute Gasteiger partial charge is 0.462 e. The number of phosphoric ester groups is 2. The summed E-state index contributed by atoms with van der Waals surface area (Å²) < 4.78 is 68.7. The van der Waals surface area contributed by atoms with Crippen LogP contribution in [0, 0.1) is 0 Å². The highest BCUT2D eigenvalue weighted by Gasteiger charge is 2.30. The van der Waals surface area contributed by atoms with E-state index in [1.165, 1.54) is 263 Å². The van der Waals surface area contributed by atoms with E-state index in [1.807, 2.05) is 0 Å². The molecule has 19 heteroatoms. The maximum atomic E-state index is 13.1. The first-order valence-electron chi connectivity index (χ1n) is 41.8. The summed E-state index contributed by atoms with van der Waals surface area (Å²) in [5, 5.41) is 10.6. The average Bonchev–Trinajstić information content (AvgIpc) is 0.988. The van der Waals surface area contributed by atoms with Gasteiger partial charge in [0.2, 0.25) is 0 Å². The molecular formula is C80H156O17P2. The van der Waals surface area contributed by atoms with Gasteiger partial charge in [-0.05, 0) is 25.7 Å². The van der Waals surface area contributed by atoms with Gasteiger partial charge in [-0.1, -0.05) is 381 Å². The Morgan fingerprint density at radius 1 is 0.242 bits per heavy atom. The summed E-state index contributed by atoms with van der Waals surface area (Å²) in [6.07, 6.45) is 66.4. The van der Waals surface area contributed by atoms with Crippen LogP contribution in [-0.2, 0) is 65.4 Å². The van der Waals surface area contributed by atoms with Crippen LogP contribution < -0.4 is 0 Å². The number of hydrogen-bond donors (Lipinski definition) is 3. The van der Waals surface area contributed by atoms with Crippen molar-refractivity contribution in [3.8, 4) is 0 Å². The molecule has 17 nitrogen and oxygen atoms in total. The third kappa shape index (κ3) is 74.1. The molecule has 2 unspecified atom stereocenters. The van der Waals surface area contributed by atoms with E-state index in [2.05, 4.69) is 27.7 Å². The first kappa shape index (κ1) is 97.1. The predicted molar refractivity (Wildman–Crippen MR) is 405 cm³/mol. The molecule has 0 amide bonds. The Morgan fingerprint density at radius 3 is 0.596 bits per heavy atom. The fraction of sp³-hybridized carbons (Fsp3) is 0.950. The van der Waals surface area contributed by atoms with Gasteiger partial charge >= 0.3 is 39.5 Å². The monoisotopic (exact) mass is 1450 g/mol. The lowest BCUT2D eigenvalue weighted by atomic mass is 10.0. The molecule has 588 valence electrons. The summed E-state index contributed by atoms with van der Waals surface area (Å²) in [5.41, 5.74) is 0. The lowest BCUT2D eigenvalue weighted by Gasteiger charge is -2.21.